The van der Waals surface area contributed by atoms with E-state index in [9.17, 15) is 9.59 Å². The molecule has 0 saturated carbocycles. The van der Waals surface area contributed by atoms with E-state index in [4.69, 9.17) is 16.2 Å². The molecule has 98 valence electrons. The van der Waals surface area contributed by atoms with Crippen molar-refractivity contribution in [3.8, 4) is 5.75 Å². The highest BCUT2D eigenvalue weighted by Gasteiger charge is 2.11. The van der Waals surface area contributed by atoms with Gasteiger partial charge in [-0.1, -0.05) is 25.1 Å². The molecular formula is C12H17N3O3. The van der Waals surface area contributed by atoms with Crippen LogP contribution in [-0.2, 0) is 4.79 Å². The maximum absolute atomic E-state index is 11.2. The SMILES string of the molecule is CCC(N)c1ccccc1OCC(=O)NC(N)=O. The predicted molar refractivity (Wildman–Crippen MR) is 66.9 cm³/mol. The molecule has 0 saturated heterocycles. The van der Waals surface area contributed by atoms with E-state index in [0.29, 0.717) is 5.75 Å². The van der Waals surface area contributed by atoms with Crippen LogP contribution in [0.1, 0.15) is 24.9 Å². The van der Waals surface area contributed by atoms with Crippen LogP contribution in [0.4, 0.5) is 4.79 Å². The molecule has 0 aliphatic carbocycles. The minimum absolute atomic E-state index is 0.152. The highest BCUT2D eigenvalue weighted by Crippen LogP contribution is 2.25. The summed E-state index contributed by atoms with van der Waals surface area (Å²) in [6.07, 6.45) is 0.758. The van der Waals surface area contributed by atoms with Crippen LogP contribution in [0, 0.1) is 0 Å². The van der Waals surface area contributed by atoms with Gasteiger partial charge in [-0.3, -0.25) is 10.1 Å². The largest absolute Gasteiger partial charge is 0.483 e. The van der Waals surface area contributed by atoms with Crippen molar-refractivity contribution in [3.63, 3.8) is 0 Å². The third-order valence-corrected chi connectivity index (χ3v) is 2.38. The first kappa shape index (κ1) is 14.0. The van der Waals surface area contributed by atoms with Gasteiger partial charge in [-0.05, 0) is 12.5 Å². The average Bonchev–Trinajstić information content (AvgIpc) is 2.35. The zero-order valence-corrected chi connectivity index (χ0v) is 10.2. The zero-order valence-electron chi connectivity index (χ0n) is 10.2. The Morgan fingerprint density at radius 3 is 2.67 bits per heavy atom. The number of benzene rings is 1. The molecule has 0 heterocycles. The smallest absolute Gasteiger partial charge is 0.318 e. The van der Waals surface area contributed by atoms with Crippen LogP contribution < -0.4 is 21.5 Å². The molecule has 3 amide bonds. The Morgan fingerprint density at radius 1 is 1.39 bits per heavy atom. The Morgan fingerprint density at radius 2 is 2.06 bits per heavy atom. The van der Waals surface area contributed by atoms with Gasteiger partial charge in [0.2, 0.25) is 0 Å². The summed E-state index contributed by atoms with van der Waals surface area (Å²) < 4.78 is 5.32. The van der Waals surface area contributed by atoms with Gasteiger partial charge in [0.25, 0.3) is 5.91 Å². The van der Waals surface area contributed by atoms with Crippen molar-refractivity contribution in [2.45, 2.75) is 19.4 Å². The number of ether oxygens (including phenoxy) is 1. The summed E-state index contributed by atoms with van der Waals surface area (Å²) in [5.74, 6) is -0.0613. The molecule has 6 heteroatoms. The van der Waals surface area contributed by atoms with Crippen LogP contribution >= 0.6 is 0 Å². The van der Waals surface area contributed by atoms with Gasteiger partial charge in [-0.2, -0.15) is 0 Å². The Hall–Kier alpha value is -2.08. The third kappa shape index (κ3) is 4.06. The maximum Gasteiger partial charge on any atom is 0.318 e. The van der Waals surface area contributed by atoms with Gasteiger partial charge in [0, 0.05) is 11.6 Å². The molecule has 0 spiro atoms. The van der Waals surface area contributed by atoms with Gasteiger partial charge in [-0.15, -0.1) is 0 Å². The van der Waals surface area contributed by atoms with Crippen molar-refractivity contribution in [2.24, 2.45) is 11.5 Å². The van der Waals surface area contributed by atoms with Gasteiger partial charge >= 0.3 is 6.03 Å². The van der Waals surface area contributed by atoms with E-state index in [1.54, 1.807) is 12.1 Å². The van der Waals surface area contributed by atoms with Crippen LogP contribution in [0.2, 0.25) is 0 Å². The van der Waals surface area contributed by atoms with Crippen molar-refractivity contribution < 1.29 is 14.3 Å². The first-order chi connectivity index (χ1) is 8.54. The molecule has 1 rings (SSSR count). The van der Waals surface area contributed by atoms with Crippen LogP contribution in [0.25, 0.3) is 0 Å². The molecule has 6 nitrogen and oxygen atoms in total. The molecule has 1 atom stereocenters. The summed E-state index contributed by atoms with van der Waals surface area (Å²) in [7, 11) is 0. The Labute approximate surface area is 105 Å². The highest BCUT2D eigenvalue weighted by molar-refractivity contribution is 5.94. The van der Waals surface area contributed by atoms with E-state index in [1.165, 1.54) is 0 Å². The minimum Gasteiger partial charge on any atom is -0.483 e. The lowest BCUT2D eigenvalue weighted by Gasteiger charge is -2.15. The van der Waals surface area contributed by atoms with Gasteiger partial charge in [0.15, 0.2) is 6.61 Å². The van der Waals surface area contributed by atoms with Crippen molar-refractivity contribution in [2.75, 3.05) is 6.61 Å². The van der Waals surface area contributed by atoms with Crippen molar-refractivity contribution in [1.82, 2.24) is 5.32 Å². The molecule has 18 heavy (non-hydrogen) atoms. The first-order valence-electron chi connectivity index (χ1n) is 5.61. The van der Waals surface area contributed by atoms with Crippen LogP contribution in [0.5, 0.6) is 5.75 Å². The number of amides is 3. The number of nitrogens with two attached hydrogens (primary N) is 2. The molecule has 0 aromatic heterocycles. The maximum atomic E-state index is 11.2. The molecular weight excluding hydrogens is 234 g/mol. The number of imide groups is 1. The van der Waals surface area contributed by atoms with Gasteiger partial charge in [0.1, 0.15) is 5.75 Å². The molecule has 0 fully saturated rings. The predicted octanol–water partition coefficient (Wildman–Crippen LogP) is 0.670. The fourth-order valence-corrected chi connectivity index (χ4v) is 1.46. The Kier molecular flexibility index (Phi) is 5.13. The lowest BCUT2D eigenvalue weighted by Crippen LogP contribution is -2.38. The molecule has 0 aliphatic rings. The molecule has 0 aliphatic heterocycles. The Bertz CT molecular complexity index is 434. The number of carbonyl (C=O) groups is 2. The van der Waals surface area contributed by atoms with Crippen LogP contribution in [0.3, 0.4) is 0 Å². The summed E-state index contributed by atoms with van der Waals surface area (Å²) in [5.41, 5.74) is 11.6. The van der Waals surface area contributed by atoms with E-state index in [2.05, 4.69) is 0 Å². The summed E-state index contributed by atoms with van der Waals surface area (Å²) >= 11 is 0. The third-order valence-electron chi connectivity index (χ3n) is 2.38. The number of primary amides is 1. The number of para-hydroxylation sites is 1. The number of hydrogen-bond acceptors (Lipinski definition) is 4. The molecule has 1 aromatic carbocycles. The average molecular weight is 251 g/mol. The number of hydrogen-bond donors (Lipinski definition) is 3. The van der Waals surface area contributed by atoms with Crippen molar-refractivity contribution in [1.29, 1.82) is 0 Å². The second kappa shape index (κ2) is 6.61. The van der Waals surface area contributed by atoms with Gasteiger partial charge < -0.3 is 16.2 Å². The fraction of sp³-hybridized carbons (Fsp3) is 0.333. The normalized spacial score (nSPS) is 11.7. The van der Waals surface area contributed by atoms with Crippen molar-refractivity contribution in [3.05, 3.63) is 29.8 Å². The second-order valence-corrected chi connectivity index (χ2v) is 3.75. The van der Waals surface area contributed by atoms with E-state index in [1.807, 2.05) is 24.4 Å². The molecule has 5 N–H and O–H groups in total. The second-order valence-electron chi connectivity index (χ2n) is 3.75. The standard InChI is InChI=1S/C12H17N3O3/c1-2-9(13)8-5-3-4-6-10(8)18-7-11(16)15-12(14)17/h3-6,9H,2,7,13H2,1H3,(H3,14,15,16,17). The van der Waals surface area contributed by atoms with Crippen LogP contribution in [0.15, 0.2) is 24.3 Å². The number of nitrogens with one attached hydrogen (secondary N) is 1. The molecule has 0 radical (unpaired) electrons. The molecule has 1 aromatic rings. The summed E-state index contributed by atoms with van der Waals surface area (Å²) in [6, 6.07) is 6.15. The lowest BCUT2D eigenvalue weighted by atomic mass is 10.0. The van der Waals surface area contributed by atoms with Gasteiger partial charge in [-0.25, -0.2) is 4.79 Å². The van der Waals surface area contributed by atoms with Crippen molar-refractivity contribution >= 4 is 11.9 Å². The fourth-order valence-electron chi connectivity index (χ4n) is 1.46. The minimum atomic E-state index is -0.901. The topological polar surface area (TPSA) is 107 Å². The van der Waals surface area contributed by atoms with E-state index in [-0.39, 0.29) is 12.6 Å². The number of rotatable bonds is 5. The number of urea groups is 1. The quantitative estimate of drug-likeness (QED) is 0.714. The van der Waals surface area contributed by atoms with E-state index in [0.717, 1.165) is 12.0 Å². The summed E-state index contributed by atoms with van der Waals surface area (Å²) in [5, 5.41) is 1.92. The Balaban J connectivity index is 2.67. The summed E-state index contributed by atoms with van der Waals surface area (Å²) in [4.78, 5) is 21.7. The van der Waals surface area contributed by atoms with Crippen LogP contribution in [-0.4, -0.2) is 18.5 Å². The van der Waals surface area contributed by atoms with E-state index < -0.39 is 11.9 Å². The zero-order chi connectivity index (χ0) is 13.5. The van der Waals surface area contributed by atoms with E-state index >= 15 is 0 Å². The molecule has 1 unspecified atom stereocenters. The summed E-state index contributed by atoms with van der Waals surface area (Å²) in [6.45, 7) is 1.68. The highest BCUT2D eigenvalue weighted by atomic mass is 16.5. The number of carbonyl (C=O) groups excluding carboxylic acids is 2. The molecule has 0 bridgehead atoms. The first-order valence-corrected chi connectivity index (χ1v) is 5.61. The van der Waals surface area contributed by atoms with Gasteiger partial charge in [0.05, 0.1) is 0 Å². The monoisotopic (exact) mass is 251 g/mol. The lowest BCUT2D eigenvalue weighted by molar-refractivity contribution is -0.121.